The molecular formula is C19H20N2O3. The number of anilines is 1. The summed E-state index contributed by atoms with van der Waals surface area (Å²) in [4.78, 5) is 26.0. The third-order valence-corrected chi connectivity index (χ3v) is 6.74. The van der Waals surface area contributed by atoms with E-state index in [2.05, 4.69) is 6.08 Å². The van der Waals surface area contributed by atoms with Crippen LogP contribution in [0.5, 0.6) is 0 Å². The molecule has 2 saturated carbocycles. The molecule has 0 aromatic heterocycles. The number of carbonyl (C=O) groups is 1. The molecule has 0 spiro atoms. The first-order valence-electron chi connectivity index (χ1n) is 8.86. The minimum absolute atomic E-state index is 0.0695. The van der Waals surface area contributed by atoms with Crippen molar-refractivity contribution < 1.29 is 9.72 Å². The van der Waals surface area contributed by atoms with E-state index in [9.17, 15) is 14.9 Å². The zero-order valence-corrected chi connectivity index (χ0v) is 13.5. The average molecular weight is 324 g/mol. The Kier molecular flexibility index (Phi) is 2.77. The lowest BCUT2D eigenvalue weighted by atomic mass is 9.75. The molecule has 0 N–H and O–H groups in total. The largest absolute Gasteiger partial charge is 0.311 e. The van der Waals surface area contributed by atoms with Crippen molar-refractivity contribution in [1.29, 1.82) is 0 Å². The maximum atomic E-state index is 13.4. The predicted octanol–water partition coefficient (Wildman–Crippen LogP) is 3.62. The van der Waals surface area contributed by atoms with Crippen molar-refractivity contribution in [3.05, 3.63) is 45.5 Å². The van der Waals surface area contributed by atoms with Crippen molar-refractivity contribution in [3.8, 4) is 0 Å². The third-order valence-electron chi connectivity index (χ3n) is 6.74. The standard InChI is InChI=1S/C19H20N2O3/c22-18(19-7-5-12-1-2-14(10-19)16(12)11-19)20-8-6-13-3-4-15(21(23)24)9-17(13)20/h3-5,9,14,16H,1-2,6-8,10-11H2. The third kappa shape index (κ3) is 1.78. The topological polar surface area (TPSA) is 63.5 Å². The summed E-state index contributed by atoms with van der Waals surface area (Å²) in [6.45, 7) is 0.656. The van der Waals surface area contributed by atoms with Gasteiger partial charge in [-0.05, 0) is 55.9 Å². The second-order valence-corrected chi connectivity index (χ2v) is 7.85. The average Bonchev–Trinajstić information content (AvgIpc) is 3.22. The van der Waals surface area contributed by atoms with Gasteiger partial charge in [-0.1, -0.05) is 17.7 Å². The molecule has 5 rings (SSSR count). The fraction of sp³-hybridized carbons (Fsp3) is 0.526. The van der Waals surface area contributed by atoms with E-state index >= 15 is 0 Å². The SMILES string of the molecule is O=C(N1CCc2ccc([N+](=O)[O-])cc21)C12CC=C3CCC(C1)C3C2. The number of allylic oxidation sites excluding steroid dienone is 2. The molecule has 3 aliphatic carbocycles. The van der Waals surface area contributed by atoms with Crippen molar-refractivity contribution in [2.75, 3.05) is 11.4 Å². The van der Waals surface area contributed by atoms with Gasteiger partial charge in [0.05, 0.1) is 16.0 Å². The first kappa shape index (κ1) is 14.2. The number of rotatable bonds is 2. The first-order valence-corrected chi connectivity index (χ1v) is 8.86. The van der Waals surface area contributed by atoms with Gasteiger partial charge in [0.1, 0.15) is 0 Å². The molecule has 1 amide bonds. The van der Waals surface area contributed by atoms with Crippen LogP contribution in [-0.4, -0.2) is 17.4 Å². The van der Waals surface area contributed by atoms with Gasteiger partial charge in [0.2, 0.25) is 5.91 Å². The molecule has 1 heterocycles. The van der Waals surface area contributed by atoms with Crippen LogP contribution in [0.4, 0.5) is 11.4 Å². The van der Waals surface area contributed by atoms with Gasteiger partial charge in [0.15, 0.2) is 0 Å². The Balaban J connectivity index is 1.50. The van der Waals surface area contributed by atoms with E-state index in [0.29, 0.717) is 18.4 Å². The number of benzene rings is 1. The second kappa shape index (κ2) is 4.68. The van der Waals surface area contributed by atoms with Crippen LogP contribution in [0.15, 0.2) is 29.8 Å². The molecule has 5 nitrogen and oxygen atoms in total. The summed E-state index contributed by atoms with van der Waals surface area (Å²) in [6, 6.07) is 4.93. The summed E-state index contributed by atoms with van der Waals surface area (Å²) in [5, 5.41) is 11.1. The van der Waals surface area contributed by atoms with E-state index in [1.165, 1.54) is 12.8 Å². The van der Waals surface area contributed by atoms with E-state index in [4.69, 9.17) is 0 Å². The normalized spacial score (nSPS) is 32.7. The smallest absolute Gasteiger partial charge is 0.271 e. The molecule has 124 valence electrons. The fourth-order valence-corrected chi connectivity index (χ4v) is 5.58. The Bertz CT molecular complexity index is 800. The second-order valence-electron chi connectivity index (χ2n) is 7.85. The zero-order valence-electron chi connectivity index (χ0n) is 13.5. The van der Waals surface area contributed by atoms with Crippen LogP contribution < -0.4 is 4.90 Å². The Labute approximate surface area is 140 Å². The lowest BCUT2D eigenvalue weighted by molar-refractivity contribution is -0.384. The van der Waals surface area contributed by atoms with Crippen LogP contribution in [-0.2, 0) is 11.2 Å². The summed E-state index contributed by atoms with van der Waals surface area (Å²) in [6.07, 6.45) is 8.41. The van der Waals surface area contributed by atoms with Gasteiger partial charge >= 0.3 is 0 Å². The molecule has 1 aliphatic heterocycles. The minimum atomic E-state index is -0.380. The van der Waals surface area contributed by atoms with Crippen molar-refractivity contribution in [2.45, 2.75) is 38.5 Å². The summed E-state index contributed by atoms with van der Waals surface area (Å²) in [5.74, 6) is 1.50. The van der Waals surface area contributed by atoms with E-state index in [0.717, 1.165) is 36.9 Å². The van der Waals surface area contributed by atoms with E-state index in [1.54, 1.807) is 23.8 Å². The molecule has 3 unspecified atom stereocenters. The highest BCUT2D eigenvalue weighted by Gasteiger charge is 2.56. The number of nitrogens with zero attached hydrogens (tertiary/aromatic N) is 2. The molecule has 4 aliphatic rings. The summed E-state index contributed by atoms with van der Waals surface area (Å²) in [7, 11) is 0. The van der Waals surface area contributed by atoms with Crippen molar-refractivity contribution in [2.24, 2.45) is 17.3 Å². The summed E-state index contributed by atoms with van der Waals surface area (Å²) in [5.41, 5.74) is 3.20. The highest BCUT2D eigenvalue weighted by Crippen LogP contribution is 2.61. The van der Waals surface area contributed by atoms with Crippen LogP contribution in [0, 0.1) is 27.4 Å². The Morgan fingerprint density at radius 1 is 1.29 bits per heavy atom. The van der Waals surface area contributed by atoms with Crippen LogP contribution in [0.25, 0.3) is 0 Å². The van der Waals surface area contributed by atoms with Crippen LogP contribution in [0.2, 0.25) is 0 Å². The van der Waals surface area contributed by atoms with Crippen LogP contribution >= 0.6 is 0 Å². The highest BCUT2D eigenvalue weighted by molar-refractivity contribution is 6.00. The van der Waals surface area contributed by atoms with Gasteiger partial charge in [0, 0.05) is 18.7 Å². The molecule has 24 heavy (non-hydrogen) atoms. The van der Waals surface area contributed by atoms with E-state index in [1.807, 2.05) is 4.90 Å². The quantitative estimate of drug-likeness (QED) is 0.474. The maximum absolute atomic E-state index is 13.4. The number of hydrogen-bond donors (Lipinski definition) is 0. The van der Waals surface area contributed by atoms with Gasteiger partial charge in [-0.3, -0.25) is 14.9 Å². The zero-order chi connectivity index (χ0) is 16.5. The van der Waals surface area contributed by atoms with Gasteiger partial charge < -0.3 is 4.90 Å². The number of carbonyl (C=O) groups excluding carboxylic acids is 1. The minimum Gasteiger partial charge on any atom is -0.311 e. The fourth-order valence-electron chi connectivity index (χ4n) is 5.58. The van der Waals surface area contributed by atoms with Gasteiger partial charge in [-0.25, -0.2) is 0 Å². The summed E-state index contributed by atoms with van der Waals surface area (Å²) < 4.78 is 0. The number of hydrogen-bond acceptors (Lipinski definition) is 3. The van der Waals surface area contributed by atoms with Gasteiger partial charge in [0.25, 0.3) is 5.69 Å². The van der Waals surface area contributed by atoms with E-state index in [-0.39, 0.29) is 21.9 Å². The molecule has 2 bridgehead atoms. The number of fused-ring (bicyclic) bond motifs is 2. The first-order chi connectivity index (χ1) is 11.6. The maximum Gasteiger partial charge on any atom is 0.271 e. The van der Waals surface area contributed by atoms with Crippen molar-refractivity contribution in [3.63, 3.8) is 0 Å². The molecule has 2 fully saturated rings. The Hall–Kier alpha value is -2.17. The van der Waals surface area contributed by atoms with Crippen LogP contribution in [0.3, 0.4) is 0 Å². The Morgan fingerprint density at radius 2 is 2.17 bits per heavy atom. The summed E-state index contributed by atoms with van der Waals surface area (Å²) >= 11 is 0. The molecule has 0 saturated heterocycles. The van der Waals surface area contributed by atoms with Crippen molar-refractivity contribution >= 4 is 17.3 Å². The Morgan fingerprint density at radius 3 is 3.00 bits per heavy atom. The molecule has 0 radical (unpaired) electrons. The van der Waals surface area contributed by atoms with E-state index < -0.39 is 0 Å². The molecular weight excluding hydrogens is 304 g/mol. The monoisotopic (exact) mass is 324 g/mol. The number of non-ortho nitro benzene ring substituents is 1. The number of nitro benzene ring substituents is 1. The number of amides is 1. The predicted molar refractivity (Wildman–Crippen MR) is 89.7 cm³/mol. The van der Waals surface area contributed by atoms with Gasteiger partial charge in [-0.2, -0.15) is 0 Å². The highest BCUT2D eigenvalue weighted by atomic mass is 16.6. The van der Waals surface area contributed by atoms with Gasteiger partial charge in [-0.15, -0.1) is 0 Å². The molecule has 3 atom stereocenters. The van der Waals surface area contributed by atoms with Crippen molar-refractivity contribution in [1.82, 2.24) is 0 Å². The lowest BCUT2D eigenvalue weighted by Gasteiger charge is -2.35. The lowest BCUT2D eigenvalue weighted by Crippen LogP contribution is -2.43. The van der Waals surface area contributed by atoms with Crippen LogP contribution in [0.1, 0.15) is 37.7 Å². The molecule has 1 aromatic carbocycles. The molecule has 1 aromatic rings. The molecule has 5 heteroatoms. The number of nitro groups is 1.